The number of amides is 2. The summed E-state index contributed by atoms with van der Waals surface area (Å²) in [5.74, 6) is 0. The van der Waals surface area contributed by atoms with Gasteiger partial charge in [-0.3, -0.25) is 0 Å². The molecule has 2 atom stereocenters. The first-order chi connectivity index (χ1) is 8.91. The maximum absolute atomic E-state index is 11.9. The molecule has 1 aromatic rings. The van der Waals surface area contributed by atoms with E-state index in [4.69, 9.17) is 11.6 Å². The summed E-state index contributed by atoms with van der Waals surface area (Å²) in [5, 5.41) is 12.7. The molecule has 2 unspecified atom stereocenters. The van der Waals surface area contributed by atoms with Crippen molar-refractivity contribution in [3.05, 3.63) is 34.9 Å². The smallest absolute Gasteiger partial charge is 0.317 e. The number of hydrogen-bond acceptors (Lipinski definition) is 2. The number of urea groups is 1. The first-order valence-corrected chi connectivity index (χ1v) is 6.73. The van der Waals surface area contributed by atoms with E-state index in [1.165, 1.54) is 0 Å². The molecule has 0 aliphatic carbocycles. The van der Waals surface area contributed by atoms with Crippen LogP contribution in [0.25, 0.3) is 0 Å². The van der Waals surface area contributed by atoms with Crippen LogP contribution in [-0.4, -0.2) is 35.7 Å². The maximum Gasteiger partial charge on any atom is 0.317 e. The summed E-state index contributed by atoms with van der Waals surface area (Å²) in [4.78, 5) is 13.5. The van der Waals surface area contributed by atoms with E-state index in [1.54, 1.807) is 24.9 Å². The Morgan fingerprint density at radius 3 is 2.63 bits per heavy atom. The Morgan fingerprint density at radius 2 is 2.05 bits per heavy atom. The Bertz CT molecular complexity index is 424. The minimum absolute atomic E-state index is 0.157. The molecule has 5 heteroatoms. The van der Waals surface area contributed by atoms with Gasteiger partial charge in [0.2, 0.25) is 0 Å². The van der Waals surface area contributed by atoms with Gasteiger partial charge in [0.05, 0.1) is 12.1 Å². The van der Waals surface area contributed by atoms with Gasteiger partial charge in [-0.05, 0) is 31.9 Å². The third-order valence-corrected chi connectivity index (χ3v) is 3.28. The summed E-state index contributed by atoms with van der Waals surface area (Å²) in [6.45, 7) is 4.11. The highest BCUT2D eigenvalue weighted by Crippen LogP contribution is 2.22. The van der Waals surface area contributed by atoms with E-state index in [-0.39, 0.29) is 12.1 Å². The second kappa shape index (κ2) is 7.36. The van der Waals surface area contributed by atoms with Crippen molar-refractivity contribution < 1.29 is 9.90 Å². The number of aliphatic hydroxyl groups is 1. The molecule has 0 heterocycles. The molecule has 0 fully saturated rings. The molecule has 1 aromatic carbocycles. The SMILES string of the molecule is CC(O)CCN(C)C(=O)NC(C)c1ccccc1Cl. The molecule has 2 N–H and O–H groups in total. The molecule has 0 saturated carbocycles. The average Bonchev–Trinajstić information content (AvgIpc) is 2.36. The van der Waals surface area contributed by atoms with Gasteiger partial charge in [0.25, 0.3) is 0 Å². The topological polar surface area (TPSA) is 52.6 Å². The Kier molecular flexibility index (Phi) is 6.12. The molecule has 0 spiro atoms. The zero-order valence-electron chi connectivity index (χ0n) is 11.6. The molecule has 0 bridgehead atoms. The number of benzene rings is 1. The van der Waals surface area contributed by atoms with Crippen molar-refractivity contribution in [3.63, 3.8) is 0 Å². The highest BCUT2D eigenvalue weighted by molar-refractivity contribution is 6.31. The molecule has 4 nitrogen and oxygen atoms in total. The fourth-order valence-corrected chi connectivity index (χ4v) is 1.98. The minimum atomic E-state index is -0.406. The van der Waals surface area contributed by atoms with Crippen LogP contribution in [-0.2, 0) is 0 Å². The van der Waals surface area contributed by atoms with Crippen LogP contribution in [0.15, 0.2) is 24.3 Å². The van der Waals surface area contributed by atoms with Crippen molar-refractivity contribution in [2.75, 3.05) is 13.6 Å². The van der Waals surface area contributed by atoms with Crippen molar-refractivity contribution in [2.24, 2.45) is 0 Å². The van der Waals surface area contributed by atoms with E-state index in [0.29, 0.717) is 18.0 Å². The van der Waals surface area contributed by atoms with E-state index in [1.807, 2.05) is 25.1 Å². The predicted octanol–water partition coefficient (Wildman–Crippen LogP) is 2.81. The highest BCUT2D eigenvalue weighted by atomic mass is 35.5. The Hall–Kier alpha value is -1.26. The van der Waals surface area contributed by atoms with Crippen LogP contribution in [0.3, 0.4) is 0 Å². The standard InChI is InChI=1S/C14H21ClN2O2/c1-10(18)8-9-17(3)14(19)16-11(2)12-6-4-5-7-13(12)15/h4-7,10-11,18H,8-9H2,1-3H3,(H,16,19). The Balaban J connectivity index is 2.54. The van der Waals surface area contributed by atoms with Crippen molar-refractivity contribution in [1.82, 2.24) is 10.2 Å². The lowest BCUT2D eigenvalue weighted by molar-refractivity contribution is 0.162. The van der Waals surface area contributed by atoms with Crippen LogP contribution in [0.2, 0.25) is 5.02 Å². The van der Waals surface area contributed by atoms with Gasteiger partial charge in [-0.1, -0.05) is 29.8 Å². The fraction of sp³-hybridized carbons (Fsp3) is 0.500. The van der Waals surface area contributed by atoms with Gasteiger partial charge in [-0.2, -0.15) is 0 Å². The average molecular weight is 285 g/mol. The molecule has 0 saturated heterocycles. The number of carbonyl (C=O) groups is 1. The number of nitrogens with zero attached hydrogens (tertiary/aromatic N) is 1. The third kappa shape index (κ3) is 5.09. The van der Waals surface area contributed by atoms with Crippen LogP contribution in [0, 0.1) is 0 Å². The van der Waals surface area contributed by atoms with Gasteiger partial charge in [0, 0.05) is 18.6 Å². The number of aliphatic hydroxyl groups excluding tert-OH is 1. The Morgan fingerprint density at radius 1 is 1.42 bits per heavy atom. The van der Waals surface area contributed by atoms with Crippen LogP contribution >= 0.6 is 11.6 Å². The minimum Gasteiger partial charge on any atom is -0.393 e. The van der Waals surface area contributed by atoms with Crippen molar-refractivity contribution in [2.45, 2.75) is 32.4 Å². The summed E-state index contributed by atoms with van der Waals surface area (Å²) >= 11 is 6.09. The van der Waals surface area contributed by atoms with E-state index in [2.05, 4.69) is 5.32 Å². The summed E-state index contributed by atoms with van der Waals surface area (Å²) in [6.07, 6.45) is 0.154. The molecule has 0 radical (unpaired) electrons. The molecule has 0 aliphatic heterocycles. The summed E-state index contributed by atoms with van der Waals surface area (Å²) in [7, 11) is 1.71. The quantitative estimate of drug-likeness (QED) is 0.873. The first-order valence-electron chi connectivity index (χ1n) is 6.36. The molecule has 0 aromatic heterocycles. The van der Waals surface area contributed by atoms with Crippen molar-refractivity contribution >= 4 is 17.6 Å². The largest absolute Gasteiger partial charge is 0.393 e. The van der Waals surface area contributed by atoms with Gasteiger partial charge in [-0.15, -0.1) is 0 Å². The van der Waals surface area contributed by atoms with Crippen LogP contribution in [0.5, 0.6) is 0 Å². The van der Waals surface area contributed by atoms with E-state index >= 15 is 0 Å². The van der Waals surface area contributed by atoms with E-state index in [9.17, 15) is 9.90 Å². The van der Waals surface area contributed by atoms with E-state index < -0.39 is 6.10 Å². The molecule has 19 heavy (non-hydrogen) atoms. The molecule has 2 amide bonds. The monoisotopic (exact) mass is 284 g/mol. The molecule has 106 valence electrons. The molecule has 0 aliphatic rings. The third-order valence-electron chi connectivity index (χ3n) is 2.94. The lowest BCUT2D eigenvalue weighted by Gasteiger charge is -2.22. The number of carbonyl (C=O) groups excluding carboxylic acids is 1. The van der Waals surface area contributed by atoms with Gasteiger partial charge < -0.3 is 15.3 Å². The number of rotatable bonds is 5. The normalized spacial score (nSPS) is 13.7. The molecule has 1 rings (SSSR count). The van der Waals surface area contributed by atoms with Gasteiger partial charge in [-0.25, -0.2) is 4.79 Å². The van der Waals surface area contributed by atoms with Crippen molar-refractivity contribution in [1.29, 1.82) is 0 Å². The van der Waals surface area contributed by atoms with E-state index in [0.717, 1.165) is 5.56 Å². The van der Waals surface area contributed by atoms with Crippen LogP contribution in [0.4, 0.5) is 4.79 Å². The zero-order valence-corrected chi connectivity index (χ0v) is 12.3. The highest BCUT2D eigenvalue weighted by Gasteiger charge is 2.15. The Labute approximate surface area is 119 Å². The number of halogens is 1. The number of hydrogen-bond donors (Lipinski definition) is 2. The number of nitrogens with one attached hydrogen (secondary N) is 1. The van der Waals surface area contributed by atoms with Crippen LogP contribution < -0.4 is 5.32 Å². The summed E-state index contributed by atoms with van der Waals surface area (Å²) in [6, 6.07) is 7.11. The maximum atomic E-state index is 11.9. The van der Waals surface area contributed by atoms with Gasteiger partial charge in [0.1, 0.15) is 0 Å². The zero-order chi connectivity index (χ0) is 14.4. The summed E-state index contributed by atoms with van der Waals surface area (Å²) in [5.41, 5.74) is 0.890. The summed E-state index contributed by atoms with van der Waals surface area (Å²) < 4.78 is 0. The molecular weight excluding hydrogens is 264 g/mol. The molecular formula is C14H21ClN2O2. The first kappa shape index (κ1) is 15.8. The predicted molar refractivity (Wildman–Crippen MR) is 77.3 cm³/mol. The van der Waals surface area contributed by atoms with Gasteiger partial charge >= 0.3 is 6.03 Å². The fourth-order valence-electron chi connectivity index (χ4n) is 1.68. The second-order valence-corrected chi connectivity index (χ2v) is 5.16. The van der Waals surface area contributed by atoms with Gasteiger partial charge in [0.15, 0.2) is 0 Å². The lowest BCUT2D eigenvalue weighted by atomic mass is 10.1. The van der Waals surface area contributed by atoms with Crippen LogP contribution in [0.1, 0.15) is 31.9 Å². The van der Waals surface area contributed by atoms with Crippen molar-refractivity contribution in [3.8, 4) is 0 Å². The lowest BCUT2D eigenvalue weighted by Crippen LogP contribution is -2.39. The second-order valence-electron chi connectivity index (χ2n) is 4.75.